The Bertz CT molecular complexity index is 433. The van der Waals surface area contributed by atoms with Crippen molar-refractivity contribution in [3.05, 3.63) is 23.7 Å². The van der Waals surface area contributed by atoms with Crippen molar-refractivity contribution in [2.45, 2.75) is 39.2 Å². The van der Waals surface area contributed by atoms with Gasteiger partial charge in [-0.1, -0.05) is 13.8 Å². The minimum atomic E-state index is -2.93. The third kappa shape index (κ3) is 4.16. The van der Waals surface area contributed by atoms with E-state index >= 15 is 0 Å². The third-order valence-electron chi connectivity index (χ3n) is 2.83. The molecule has 1 heterocycles. The van der Waals surface area contributed by atoms with Crippen molar-refractivity contribution in [3.63, 3.8) is 0 Å². The fourth-order valence-electron chi connectivity index (χ4n) is 1.73. The molecule has 1 atom stereocenters. The van der Waals surface area contributed by atoms with E-state index in [-0.39, 0.29) is 11.5 Å². The molecule has 0 spiro atoms. The summed E-state index contributed by atoms with van der Waals surface area (Å²) in [6.45, 7) is 3.59. The van der Waals surface area contributed by atoms with E-state index in [9.17, 15) is 13.5 Å². The van der Waals surface area contributed by atoms with Gasteiger partial charge in [-0.2, -0.15) is 0 Å². The van der Waals surface area contributed by atoms with E-state index < -0.39 is 15.9 Å². The Kier molecular flexibility index (Phi) is 5.21. The topological polar surface area (TPSA) is 67.5 Å². The highest BCUT2D eigenvalue weighted by Crippen LogP contribution is 2.23. The largest absolute Gasteiger partial charge is 0.469 e. The molecule has 0 aromatic carbocycles. The maximum Gasteiger partial charge on any atom is 0.150 e. The van der Waals surface area contributed by atoms with Gasteiger partial charge in [0.15, 0.2) is 0 Å². The quantitative estimate of drug-likeness (QED) is 0.815. The van der Waals surface area contributed by atoms with Gasteiger partial charge in [0.25, 0.3) is 0 Å². The molecule has 0 fully saturated rings. The van der Waals surface area contributed by atoms with E-state index in [1.807, 2.05) is 6.92 Å². The van der Waals surface area contributed by atoms with Gasteiger partial charge in [-0.25, -0.2) is 8.42 Å². The Morgan fingerprint density at radius 2 is 2.12 bits per heavy atom. The van der Waals surface area contributed by atoms with Crippen molar-refractivity contribution >= 4 is 9.84 Å². The SMILES string of the molecule is CCc1occc1C(O)CCCS(=O)(=O)CC. The molecule has 0 bridgehead atoms. The number of aryl methyl sites for hydroxylation is 1. The summed E-state index contributed by atoms with van der Waals surface area (Å²) in [7, 11) is -2.93. The summed E-state index contributed by atoms with van der Waals surface area (Å²) >= 11 is 0. The van der Waals surface area contributed by atoms with Gasteiger partial charge in [-0.3, -0.25) is 0 Å². The summed E-state index contributed by atoms with van der Waals surface area (Å²) in [5, 5.41) is 9.94. The zero-order valence-electron chi connectivity index (χ0n) is 10.3. The predicted molar refractivity (Wildman–Crippen MR) is 66.6 cm³/mol. The van der Waals surface area contributed by atoms with Gasteiger partial charge >= 0.3 is 0 Å². The van der Waals surface area contributed by atoms with E-state index in [0.717, 1.165) is 17.7 Å². The molecule has 0 aliphatic carbocycles. The second kappa shape index (κ2) is 6.21. The molecule has 1 rings (SSSR count). The lowest BCUT2D eigenvalue weighted by molar-refractivity contribution is 0.164. The van der Waals surface area contributed by atoms with Crippen LogP contribution in [0.1, 0.15) is 44.1 Å². The molecule has 1 unspecified atom stereocenters. The first-order valence-electron chi connectivity index (χ1n) is 5.95. The molecule has 0 aliphatic rings. The normalized spacial score (nSPS) is 13.8. The summed E-state index contributed by atoms with van der Waals surface area (Å²) < 4.78 is 27.8. The maximum absolute atomic E-state index is 11.3. The molecule has 1 aromatic rings. The van der Waals surface area contributed by atoms with E-state index in [1.165, 1.54) is 0 Å². The monoisotopic (exact) mass is 260 g/mol. The van der Waals surface area contributed by atoms with Crippen molar-refractivity contribution in [2.75, 3.05) is 11.5 Å². The van der Waals surface area contributed by atoms with Crippen LogP contribution in [0.3, 0.4) is 0 Å². The van der Waals surface area contributed by atoms with E-state index in [2.05, 4.69) is 0 Å². The Hall–Kier alpha value is -0.810. The van der Waals surface area contributed by atoms with E-state index in [1.54, 1.807) is 19.3 Å². The molecule has 0 saturated heterocycles. The van der Waals surface area contributed by atoms with Crippen LogP contribution in [0.2, 0.25) is 0 Å². The fourth-order valence-corrected chi connectivity index (χ4v) is 2.63. The molecular formula is C12H20O4S. The molecule has 0 radical (unpaired) electrons. The number of aliphatic hydroxyl groups excluding tert-OH is 1. The zero-order valence-corrected chi connectivity index (χ0v) is 11.2. The van der Waals surface area contributed by atoms with Gasteiger partial charge in [0.05, 0.1) is 18.1 Å². The highest BCUT2D eigenvalue weighted by atomic mass is 32.2. The number of rotatable bonds is 7. The van der Waals surface area contributed by atoms with E-state index in [0.29, 0.717) is 12.8 Å². The maximum atomic E-state index is 11.3. The summed E-state index contributed by atoms with van der Waals surface area (Å²) in [5.41, 5.74) is 0.779. The minimum Gasteiger partial charge on any atom is -0.469 e. The number of hydrogen-bond acceptors (Lipinski definition) is 4. The molecule has 0 aliphatic heterocycles. The number of hydrogen-bond donors (Lipinski definition) is 1. The predicted octanol–water partition coefficient (Wildman–Crippen LogP) is 2.09. The Morgan fingerprint density at radius 1 is 1.41 bits per heavy atom. The first kappa shape index (κ1) is 14.3. The van der Waals surface area contributed by atoms with Gasteiger partial charge in [0.2, 0.25) is 0 Å². The Labute approximate surface area is 103 Å². The lowest BCUT2D eigenvalue weighted by atomic mass is 10.1. The van der Waals surface area contributed by atoms with Crippen molar-refractivity contribution in [1.29, 1.82) is 0 Å². The van der Waals surface area contributed by atoms with Gasteiger partial charge in [-0.15, -0.1) is 0 Å². The molecule has 0 saturated carbocycles. The first-order chi connectivity index (χ1) is 8.00. The van der Waals surface area contributed by atoms with Crippen molar-refractivity contribution in [1.82, 2.24) is 0 Å². The van der Waals surface area contributed by atoms with E-state index in [4.69, 9.17) is 4.42 Å². The van der Waals surface area contributed by atoms with Gasteiger partial charge in [0.1, 0.15) is 15.6 Å². The van der Waals surface area contributed by atoms with Crippen LogP contribution in [0.25, 0.3) is 0 Å². The number of aliphatic hydroxyl groups is 1. The van der Waals surface area contributed by atoms with Crippen LogP contribution in [-0.2, 0) is 16.3 Å². The average molecular weight is 260 g/mol. The summed E-state index contributed by atoms with van der Waals surface area (Å²) in [4.78, 5) is 0. The Morgan fingerprint density at radius 3 is 2.71 bits per heavy atom. The van der Waals surface area contributed by atoms with Crippen LogP contribution >= 0.6 is 0 Å². The second-order valence-corrected chi connectivity index (χ2v) is 6.52. The molecular weight excluding hydrogens is 240 g/mol. The third-order valence-corrected chi connectivity index (χ3v) is 4.62. The highest BCUT2D eigenvalue weighted by molar-refractivity contribution is 7.91. The highest BCUT2D eigenvalue weighted by Gasteiger charge is 2.15. The lowest BCUT2D eigenvalue weighted by Gasteiger charge is -2.10. The average Bonchev–Trinajstić information content (AvgIpc) is 2.76. The van der Waals surface area contributed by atoms with Gasteiger partial charge in [0, 0.05) is 17.7 Å². The van der Waals surface area contributed by atoms with Crippen LogP contribution < -0.4 is 0 Å². The Balaban J connectivity index is 2.48. The summed E-state index contributed by atoms with van der Waals surface area (Å²) in [5.74, 6) is 1.07. The van der Waals surface area contributed by atoms with Crippen molar-refractivity contribution in [2.24, 2.45) is 0 Å². The molecule has 4 nitrogen and oxygen atoms in total. The summed E-state index contributed by atoms with van der Waals surface area (Å²) in [6.07, 6.45) is 2.58. The molecule has 1 aromatic heterocycles. The summed E-state index contributed by atoms with van der Waals surface area (Å²) in [6, 6.07) is 1.75. The molecule has 1 N–H and O–H groups in total. The molecule has 98 valence electrons. The van der Waals surface area contributed by atoms with Gasteiger partial charge in [-0.05, 0) is 18.9 Å². The first-order valence-corrected chi connectivity index (χ1v) is 7.77. The van der Waals surface area contributed by atoms with Crippen LogP contribution in [0, 0.1) is 0 Å². The van der Waals surface area contributed by atoms with Crippen LogP contribution in [-0.4, -0.2) is 25.0 Å². The van der Waals surface area contributed by atoms with Crippen molar-refractivity contribution in [3.8, 4) is 0 Å². The molecule has 5 heteroatoms. The number of sulfone groups is 1. The fraction of sp³-hybridized carbons (Fsp3) is 0.667. The van der Waals surface area contributed by atoms with Crippen molar-refractivity contribution < 1.29 is 17.9 Å². The van der Waals surface area contributed by atoms with Crippen LogP contribution in [0.5, 0.6) is 0 Å². The number of furan rings is 1. The van der Waals surface area contributed by atoms with Crippen LogP contribution in [0.15, 0.2) is 16.7 Å². The lowest BCUT2D eigenvalue weighted by Crippen LogP contribution is -2.10. The smallest absolute Gasteiger partial charge is 0.150 e. The second-order valence-electron chi connectivity index (χ2n) is 4.05. The molecule has 17 heavy (non-hydrogen) atoms. The van der Waals surface area contributed by atoms with Gasteiger partial charge < -0.3 is 9.52 Å². The zero-order chi connectivity index (χ0) is 12.9. The standard InChI is InChI=1S/C12H20O4S/c1-3-12-10(7-8-16-12)11(13)6-5-9-17(14,15)4-2/h7-8,11,13H,3-6,9H2,1-2H3. The minimum absolute atomic E-state index is 0.139. The molecule has 0 amide bonds. The van der Waals surface area contributed by atoms with Crippen LogP contribution in [0.4, 0.5) is 0 Å².